The molecule has 0 aliphatic carbocycles. The summed E-state index contributed by atoms with van der Waals surface area (Å²) >= 11 is 0. The van der Waals surface area contributed by atoms with Gasteiger partial charge in [-0.25, -0.2) is 4.79 Å². The molecule has 0 aliphatic rings. The van der Waals surface area contributed by atoms with E-state index in [9.17, 15) is 4.79 Å². The summed E-state index contributed by atoms with van der Waals surface area (Å²) in [5.41, 5.74) is 1.50. The smallest absolute Gasteiger partial charge is 0.338 e. The van der Waals surface area contributed by atoms with Gasteiger partial charge < -0.3 is 14.5 Å². The highest BCUT2D eigenvalue weighted by molar-refractivity contribution is 5.89. The average Bonchev–Trinajstić information content (AvgIpc) is 2.92. The van der Waals surface area contributed by atoms with Gasteiger partial charge in [0.2, 0.25) is 0 Å². The van der Waals surface area contributed by atoms with E-state index in [4.69, 9.17) is 9.15 Å². The standard InChI is InChI=1S/C17H21NO3/c1-4-11-20-17(19)14-6-8-15(9-7-14)18-13(3)16-10-5-12(2)21-16/h5-10,13,18H,4,11H2,1-3H3. The molecule has 0 fully saturated rings. The van der Waals surface area contributed by atoms with E-state index in [-0.39, 0.29) is 12.0 Å². The van der Waals surface area contributed by atoms with Crippen LogP contribution < -0.4 is 5.32 Å². The zero-order valence-electron chi connectivity index (χ0n) is 12.7. The molecule has 1 heterocycles. The molecule has 1 N–H and O–H groups in total. The summed E-state index contributed by atoms with van der Waals surface area (Å²) in [7, 11) is 0. The molecule has 1 unspecified atom stereocenters. The van der Waals surface area contributed by atoms with Crippen LogP contribution in [0.25, 0.3) is 0 Å². The number of carbonyl (C=O) groups excluding carboxylic acids is 1. The lowest BCUT2D eigenvalue weighted by Crippen LogP contribution is -2.07. The topological polar surface area (TPSA) is 51.5 Å². The van der Waals surface area contributed by atoms with E-state index in [1.165, 1.54) is 0 Å². The van der Waals surface area contributed by atoms with Crippen molar-refractivity contribution in [1.29, 1.82) is 0 Å². The fraction of sp³-hybridized carbons (Fsp3) is 0.353. The Kier molecular flexibility index (Phi) is 5.04. The first kappa shape index (κ1) is 15.2. The van der Waals surface area contributed by atoms with Crippen LogP contribution in [0.15, 0.2) is 40.8 Å². The number of anilines is 1. The van der Waals surface area contributed by atoms with Crippen molar-refractivity contribution in [2.45, 2.75) is 33.2 Å². The highest BCUT2D eigenvalue weighted by Gasteiger charge is 2.10. The zero-order valence-corrected chi connectivity index (χ0v) is 12.7. The molecule has 0 spiro atoms. The molecule has 1 atom stereocenters. The molecule has 0 aliphatic heterocycles. The van der Waals surface area contributed by atoms with Crippen LogP contribution in [0.3, 0.4) is 0 Å². The van der Waals surface area contributed by atoms with Crippen molar-refractivity contribution in [3.05, 3.63) is 53.5 Å². The lowest BCUT2D eigenvalue weighted by atomic mass is 10.2. The summed E-state index contributed by atoms with van der Waals surface area (Å²) in [5.74, 6) is 1.50. The first-order valence-corrected chi connectivity index (χ1v) is 7.20. The molecule has 1 aromatic heterocycles. The summed E-state index contributed by atoms with van der Waals surface area (Å²) in [6.45, 7) is 6.38. The van der Waals surface area contributed by atoms with Crippen LogP contribution in [0.4, 0.5) is 5.69 Å². The number of hydrogen-bond donors (Lipinski definition) is 1. The summed E-state index contributed by atoms with van der Waals surface area (Å²) in [6.07, 6.45) is 0.825. The van der Waals surface area contributed by atoms with Gasteiger partial charge in [0, 0.05) is 5.69 Å². The first-order chi connectivity index (χ1) is 10.1. The highest BCUT2D eigenvalue weighted by atomic mass is 16.5. The van der Waals surface area contributed by atoms with E-state index in [1.54, 1.807) is 12.1 Å². The van der Waals surface area contributed by atoms with E-state index in [2.05, 4.69) is 5.32 Å². The number of benzene rings is 1. The molecule has 0 radical (unpaired) electrons. The maximum atomic E-state index is 11.7. The molecule has 1 aromatic carbocycles. The van der Waals surface area contributed by atoms with Crippen LogP contribution in [-0.4, -0.2) is 12.6 Å². The normalized spacial score (nSPS) is 12.0. The van der Waals surface area contributed by atoms with Gasteiger partial charge in [0.25, 0.3) is 0 Å². The summed E-state index contributed by atoms with van der Waals surface area (Å²) in [4.78, 5) is 11.7. The predicted octanol–water partition coefficient (Wildman–Crippen LogP) is 4.33. The Balaban J connectivity index is 1.97. The van der Waals surface area contributed by atoms with Crippen molar-refractivity contribution < 1.29 is 13.9 Å². The van der Waals surface area contributed by atoms with E-state index < -0.39 is 0 Å². The fourth-order valence-corrected chi connectivity index (χ4v) is 1.99. The van der Waals surface area contributed by atoms with E-state index >= 15 is 0 Å². The Labute approximate surface area is 125 Å². The number of furan rings is 1. The predicted molar refractivity (Wildman–Crippen MR) is 82.5 cm³/mol. The number of carbonyl (C=O) groups is 1. The minimum absolute atomic E-state index is 0.0663. The van der Waals surface area contributed by atoms with E-state index in [0.29, 0.717) is 12.2 Å². The van der Waals surface area contributed by atoms with Crippen molar-refractivity contribution in [3.8, 4) is 0 Å². The van der Waals surface area contributed by atoms with Gasteiger partial charge in [-0.05, 0) is 56.7 Å². The second-order valence-electron chi connectivity index (χ2n) is 5.03. The van der Waals surface area contributed by atoms with Crippen LogP contribution in [-0.2, 0) is 4.74 Å². The minimum Gasteiger partial charge on any atom is -0.464 e. The van der Waals surface area contributed by atoms with E-state index in [1.807, 2.05) is 45.0 Å². The molecule has 4 nitrogen and oxygen atoms in total. The van der Waals surface area contributed by atoms with Crippen molar-refractivity contribution in [2.75, 3.05) is 11.9 Å². The third-order valence-corrected chi connectivity index (χ3v) is 3.13. The number of nitrogens with one attached hydrogen (secondary N) is 1. The molecule has 4 heteroatoms. The molecule has 2 rings (SSSR count). The molecule has 2 aromatic rings. The second kappa shape index (κ2) is 6.97. The maximum absolute atomic E-state index is 11.7. The van der Waals surface area contributed by atoms with Gasteiger partial charge in [0.1, 0.15) is 11.5 Å². The number of ether oxygens (including phenoxy) is 1. The van der Waals surface area contributed by atoms with Crippen LogP contribution in [0, 0.1) is 6.92 Å². The Morgan fingerprint density at radius 1 is 1.24 bits per heavy atom. The van der Waals surface area contributed by atoms with E-state index in [0.717, 1.165) is 23.6 Å². The van der Waals surface area contributed by atoms with Gasteiger partial charge in [0.15, 0.2) is 0 Å². The fourth-order valence-electron chi connectivity index (χ4n) is 1.99. The second-order valence-corrected chi connectivity index (χ2v) is 5.03. The molecule has 21 heavy (non-hydrogen) atoms. The molecule has 0 saturated heterocycles. The first-order valence-electron chi connectivity index (χ1n) is 7.20. The van der Waals surface area contributed by atoms with Gasteiger partial charge in [-0.2, -0.15) is 0 Å². The largest absolute Gasteiger partial charge is 0.464 e. The zero-order chi connectivity index (χ0) is 15.2. The number of hydrogen-bond acceptors (Lipinski definition) is 4. The van der Waals surface area contributed by atoms with Crippen LogP contribution in [0.2, 0.25) is 0 Å². The number of esters is 1. The van der Waals surface area contributed by atoms with Gasteiger partial charge in [-0.1, -0.05) is 6.92 Å². The monoisotopic (exact) mass is 287 g/mol. The SMILES string of the molecule is CCCOC(=O)c1ccc(NC(C)c2ccc(C)o2)cc1. The Bertz CT molecular complexity index is 586. The lowest BCUT2D eigenvalue weighted by Gasteiger charge is -2.13. The van der Waals surface area contributed by atoms with Crippen molar-refractivity contribution in [1.82, 2.24) is 0 Å². The van der Waals surface area contributed by atoms with Crippen molar-refractivity contribution in [2.24, 2.45) is 0 Å². The highest BCUT2D eigenvalue weighted by Crippen LogP contribution is 2.21. The van der Waals surface area contributed by atoms with Crippen molar-refractivity contribution in [3.63, 3.8) is 0 Å². The molecule has 0 bridgehead atoms. The Morgan fingerprint density at radius 3 is 2.52 bits per heavy atom. The Morgan fingerprint density at radius 2 is 1.95 bits per heavy atom. The Hall–Kier alpha value is -2.23. The summed E-state index contributed by atoms with van der Waals surface area (Å²) in [6, 6.07) is 11.2. The number of rotatable bonds is 6. The molecule has 0 saturated carbocycles. The quantitative estimate of drug-likeness (QED) is 0.803. The van der Waals surface area contributed by atoms with Gasteiger partial charge in [0.05, 0.1) is 18.2 Å². The van der Waals surface area contributed by atoms with Gasteiger partial charge >= 0.3 is 5.97 Å². The third-order valence-electron chi connectivity index (χ3n) is 3.13. The molecular weight excluding hydrogens is 266 g/mol. The average molecular weight is 287 g/mol. The molecule has 0 amide bonds. The summed E-state index contributed by atoms with van der Waals surface area (Å²) < 4.78 is 10.7. The molecule has 112 valence electrons. The van der Waals surface area contributed by atoms with Crippen LogP contribution >= 0.6 is 0 Å². The van der Waals surface area contributed by atoms with Crippen LogP contribution in [0.5, 0.6) is 0 Å². The van der Waals surface area contributed by atoms with Gasteiger partial charge in [-0.3, -0.25) is 0 Å². The number of aryl methyl sites for hydroxylation is 1. The molecular formula is C17H21NO3. The third kappa shape index (κ3) is 4.12. The van der Waals surface area contributed by atoms with Gasteiger partial charge in [-0.15, -0.1) is 0 Å². The van der Waals surface area contributed by atoms with Crippen LogP contribution in [0.1, 0.15) is 48.2 Å². The van der Waals surface area contributed by atoms with Crippen molar-refractivity contribution >= 4 is 11.7 Å². The lowest BCUT2D eigenvalue weighted by molar-refractivity contribution is 0.0505. The minimum atomic E-state index is -0.280. The maximum Gasteiger partial charge on any atom is 0.338 e. The summed E-state index contributed by atoms with van der Waals surface area (Å²) in [5, 5.41) is 3.33.